The van der Waals surface area contributed by atoms with Crippen LogP contribution in [0.2, 0.25) is 0 Å². The van der Waals surface area contributed by atoms with Gasteiger partial charge < -0.3 is 20.5 Å². The Morgan fingerprint density at radius 3 is 2.60 bits per heavy atom. The Balaban J connectivity index is 0.00000361. The van der Waals surface area contributed by atoms with E-state index >= 15 is 0 Å². The van der Waals surface area contributed by atoms with Crippen LogP contribution < -0.4 is 11.1 Å². The van der Waals surface area contributed by atoms with Gasteiger partial charge in [-0.1, -0.05) is 30.3 Å². The second-order valence-corrected chi connectivity index (χ2v) is 4.19. The van der Waals surface area contributed by atoms with Gasteiger partial charge in [0.15, 0.2) is 0 Å². The van der Waals surface area contributed by atoms with Crippen molar-refractivity contribution in [1.82, 2.24) is 5.32 Å². The predicted octanol–water partition coefficient (Wildman–Crippen LogP) is 0.757. The zero-order chi connectivity index (χ0) is 13.9. The Kier molecular flexibility index (Phi) is 11.0. The van der Waals surface area contributed by atoms with Crippen molar-refractivity contribution < 1.29 is 14.3 Å². The van der Waals surface area contributed by atoms with Crippen molar-refractivity contribution in [2.75, 3.05) is 33.5 Å². The molecule has 0 aliphatic heterocycles. The van der Waals surface area contributed by atoms with Gasteiger partial charge in [-0.15, -0.1) is 12.4 Å². The van der Waals surface area contributed by atoms with Gasteiger partial charge in [-0.3, -0.25) is 4.79 Å². The molecule has 0 aliphatic rings. The number of nitrogens with two attached hydrogens (primary N) is 1. The summed E-state index contributed by atoms with van der Waals surface area (Å²) in [5.74, 6) is -0.154. The third-order valence-corrected chi connectivity index (χ3v) is 2.61. The molecule has 0 heterocycles. The summed E-state index contributed by atoms with van der Waals surface area (Å²) in [6.45, 7) is 2.02. The zero-order valence-electron chi connectivity index (χ0n) is 11.7. The Labute approximate surface area is 126 Å². The molecule has 114 valence electrons. The van der Waals surface area contributed by atoms with E-state index in [-0.39, 0.29) is 18.3 Å². The number of carbonyl (C=O) groups is 1. The Hall–Kier alpha value is -1.14. The number of carbonyl (C=O) groups excluding carboxylic acids is 1. The smallest absolute Gasteiger partial charge is 0.237 e. The lowest BCUT2D eigenvalue weighted by atomic mass is 10.1. The standard InChI is InChI=1S/C14H22N2O3.ClH/c1-18-9-10-19-8-7-16-14(17)13(15)11-12-5-3-2-4-6-12;/h2-6,13H,7-11,15H2,1H3,(H,16,17);1H/t13-;/m0./s1. The van der Waals surface area contributed by atoms with E-state index < -0.39 is 6.04 Å². The lowest BCUT2D eigenvalue weighted by Crippen LogP contribution is -2.43. The summed E-state index contributed by atoms with van der Waals surface area (Å²) in [5, 5.41) is 2.75. The van der Waals surface area contributed by atoms with Crippen LogP contribution in [0.5, 0.6) is 0 Å². The minimum Gasteiger partial charge on any atom is -0.382 e. The Bertz CT molecular complexity index is 363. The molecule has 0 unspecified atom stereocenters. The average Bonchev–Trinajstić information content (AvgIpc) is 2.43. The predicted molar refractivity (Wildman–Crippen MR) is 81.1 cm³/mol. The molecular formula is C14H23ClN2O3. The highest BCUT2D eigenvalue weighted by atomic mass is 35.5. The van der Waals surface area contributed by atoms with Crippen LogP contribution in [0, 0.1) is 0 Å². The first-order valence-electron chi connectivity index (χ1n) is 6.38. The normalized spacial score (nSPS) is 11.5. The van der Waals surface area contributed by atoms with Gasteiger partial charge in [-0.25, -0.2) is 0 Å². The molecule has 0 saturated heterocycles. The van der Waals surface area contributed by atoms with Crippen molar-refractivity contribution in [1.29, 1.82) is 0 Å². The first-order chi connectivity index (χ1) is 9.24. The maximum atomic E-state index is 11.7. The zero-order valence-corrected chi connectivity index (χ0v) is 12.5. The first kappa shape index (κ1) is 18.9. The molecule has 0 aliphatic carbocycles. The summed E-state index contributed by atoms with van der Waals surface area (Å²) >= 11 is 0. The molecule has 0 spiro atoms. The number of hydrogen-bond acceptors (Lipinski definition) is 4. The number of hydrogen-bond donors (Lipinski definition) is 2. The van der Waals surface area contributed by atoms with E-state index in [9.17, 15) is 4.79 Å². The molecule has 0 fully saturated rings. The highest BCUT2D eigenvalue weighted by Crippen LogP contribution is 2.01. The van der Waals surface area contributed by atoms with Crippen LogP contribution in [-0.4, -0.2) is 45.4 Å². The van der Waals surface area contributed by atoms with Crippen molar-refractivity contribution in [2.24, 2.45) is 5.73 Å². The Morgan fingerprint density at radius 2 is 1.95 bits per heavy atom. The molecule has 6 heteroatoms. The van der Waals surface area contributed by atoms with Crippen molar-refractivity contribution >= 4 is 18.3 Å². The highest BCUT2D eigenvalue weighted by Gasteiger charge is 2.12. The van der Waals surface area contributed by atoms with E-state index in [1.165, 1.54) is 0 Å². The molecule has 0 saturated carbocycles. The van der Waals surface area contributed by atoms with E-state index in [4.69, 9.17) is 15.2 Å². The van der Waals surface area contributed by atoms with Gasteiger partial charge in [0, 0.05) is 13.7 Å². The molecule has 0 bridgehead atoms. The van der Waals surface area contributed by atoms with Gasteiger partial charge in [0.2, 0.25) is 5.91 Å². The molecule has 1 aromatic carbocycles. The van der Waals surface area contributed by atoms with Crippen LogP contribution in [0.4, 0.5) is 0 Å². The molecule has 3 N–H and O–H groups in total. The molecule has 1 aromatic rings. The average molecular weight is 303 g/mol. The highest BCUT2D eigenvalue weighted by molar-refractivity contribution is 5.85. The summed E-state index contributed by atoms with van der Waals surface area (Å²) in [6, 6.07) is 9.20. The largest absolute Gasteiger partial charge is 0.382 e. The summed E-state index contributed by atoms with van der Waals surface area (Å²) < 4.78 is 10.1. The second kappa shape index (κ2) is 11.7. The Morgan fingerprint density at radius 1 is 1.25 bits per heavy atom. The SMILES string of the molecule is COCCOCCNC(=O)[C@@H](N)Cc1ccccc1.Cl. The number of halogens is 1. The molecule has 1 rings (SSSR count). The summed E-state index contributed by atoms with van der Waals surface area (Å²) in [7, 11) is 1.62. The van der Waals surface area contributed by atoms with Crippen LogP contribution in [0.3, 0.4) is 0 Å². The van der Waals surface area contributed by atoms with Gasteiger partial charge in [0.05, 0.1) is 25.9 Å². The van der Waals surface area contributed by atoms with Gasteiger partial charge in [-0.05, 0) is 12.0 Å². The topological polar surface area (TPSA) is 73.6 Å². The lowest BCUT2D eigenvalue weighted by Gasteiger charge is -2.12. The van der Waals surface area contributed by atoms with Crippen molar-refractivity contribution in [3.63, 3.8) is 0 Å². The first-order valence-corrected chi connectivity index (χ1v) is 6.38. The number of nitrogens with one attached hydrogen (secondary N) is 1. The van der Waals surface area contributed by atoms with Gasteiger partial charge in [0.1, 0.15) is 0 Å². The third-order valence-electron chi connectivity index (χ3n) is 2.61. The van der Waals surface area contributed by atoms with E-state index in [2.05, 4.69) is 5.32 Å². The lowest BCUT2D eigenvalue weighted by molar-refractivity contribution is -0.122. The number of benzene rings is 1. The molecular weight excluding hydrogens is 280 g/mol. The van der Waals surface area contributed by atoms with Crippen molar-refractivity contribution in [3.05, 3.63) is 35.9 Å². The van der Waals surface area contributed by atoms with Crippen LogP contribution >= 0.6 is 12.4 Å². The molecule has 20 heavy (non-hydrogen) atoms. The number of methoxy groups -OCH3 is 1. The van der Waals surface area contributed by atoms with Crippen LogP contribution in [0.1, 0.15) is 5.56 Å². The summed E-state index contributed by atoms with van der Waals surface area (Å²) in [4.78, 5) is 11.7. The summed E-state index contributed by atoms with van der Waals surface area (Å²) in [5.41, 5.74) is 6.90. The quantitative estimate of drug-likeness (QED) is 0.661. The third kappa shape index (κ3) is 8.12. The van der Waals surface area contributed by atoms with Crippen LogP contribution in [0.15, 0.2) is 30.3 Å². The van der Waals surface area contributed by atoms with E-state index in [0.717, 1.165) is 5.56 Å². The molecule has 1 amide bonds. The fraction of sp³-hybridized carbons (Fsp3) is 0.500. The number of rotatable bonds is 9. The van der Waals surface area contributed by atoms with E-state index in [0.29, 0.717) is 32.8 Å². The van der Waals surface area contributed by atoms with Crippen LogP contribution in [0.25, 0.3) is 0 Å². The molecule has 1 atom stereocenters. The fourth-order valence-corrected chi connectivity index (χ4v) is 1.58. The van der Waals surface area contributed by atoms with Crippen molar-refractivity contribution in [3.8, 4) is 0 Å². The number of ether oxygens (including phenoxy) is 2. The maximum Gasteiger partial charge on any atom is 0.237 e. The van der Waals surface area contributed by atoms with Gasteiger partial charge in [-0.2, -0.15) is 0 Å². The second-order valence-electron chi connectivity index (χ2n) is 4.19. The molecule has 5 nitrogen and oxygen atoms in total. The van der Waals surface area contributed by atoms with E-state index in [1.807, 2.05) is 30.3 Å². The fourth-order valence-electron chi connectivity index (χ4n) is 1.58. The van der Waals surface area contributed by atoms with Gasteiger partial charge >= 0.3 is 0 Å². The molecule has 0 aromatic heterocycles. The van der Waals surface area contributed by atoms with Gasteiger partial charge in [0.25, 0.3) is 0 Å². The number of amides is 1. The minimum absolute atomic E-state index is 0. The van der Waals surface area contributed by atoms with Crippen LogP contribution in [-0.2, 0) is 20.7 Å². The van der Waals surface area contributed by atoms with E-state index in [1.54, 1.807) is 7.11 Å². The summed E-state index contributed by atoms with van der Waals surface area (Å²) in [6.07, 6.45) is 0.539. The monoisotopic (exact) mass is 302 g/mol. The minimum atomic E-state index is -0.527. The maximum absolute atomic E-state index is 11.7. The molecule has 0 radical (unpaired) electrons. The van der Waals surface area contributed by atoms with Crippen molar-refractivity contribution in [2.45, 2.75) is 12.5 Å².